The van der Waals surface area contributed by atoms with E-state index in [4.69, 9.17) is 4.99 Å². The second kappa shape index (κ2) is 11.8. The summed E-state index contributed by atoms with van der Waals surface area (Å²) in [6.45, 7) is 3.78. The number of amidine groups is 1. The summed E-state index contributed by atoms with van der Waals surface area (Å²) >= 11 is 0. The molecule has 1 aliphatic carbocycles. The highest BCUT2D eigenvalue weighted by atomic mass is 32.2. The average Bonchev–Trinajstić information content (AvgIpc) is 3.78. The highest BCUT2D eigenvalue weighted by molar-refractivity contribution is 7.93. The maximum absolute atomic E-state index is 14.8. The quantitative estimate of drug-likeness (QED) is 0.240. The van der Waals surface area contributed by atoms with Crippen molar-refractivity contribution in [2.24, 2.45) is 4.99 Å². The number of aliphatic imine (C=N–C) groups is 1. The Morgan fingerprint density at radius 1 is 0.694 bits per heavy atom. The predicted octanol–water partition coefficient (Wildman–Crippen LogP) is 6.18. The van der Waals surface area contributed by atoms with Crippen LogP contribution < -0.4 is 8.61 Å². The van der Waals surface area contributed by atoms with Gasteiger partial charge < -0.3 is 0 Å². The van der Waals surface area contributed by atoms with E-state index in [2.05, 4.69) is 0 Å². The fourth-order valence-electron chi connectivity index (χ4n) is 8.20. The van der Waals surface area contributed by atoms with E-state index in [-0.39, 0.29) is 39.5 Å². The minimum absolute atomic E-state index is 0.0554. The first-order chi connectivity index (χ1) is 23.6. The SMILES string of the molecule is C[C@@H]1Cc2ccccc2N1S(=O)(=O)c1cccc(C2=N[C@@H]3CCCC[C@H]3N2C(=O)c2ccccc2S(=O)(=O)N2c3ccccc3C[C@@H]2C)c1. The van der Waals surface area contributed by atoms with E-state index in [1.807, 2.05) is 56.3 Å². The molecule has 9 nitrogen and oxygen atoms in total. The van der Waals surface area contributed by atoms with Gasteiger partial charge in [0.05, 0.1) is 33.9 Å². The van der Waals surface area contributed by atoms with Crippen molar-refractivity contribution in [1.29, 1.82) is 0 Å². The first-order valence-electron chi connectivity index (χ1n) is 16.9. The molecule has 0 bridgehead atoms. The molecule has 0 saturated heterocycles. The molecule has 3 aliphatic heterocycles. The van der Waals surface area contributed by atoms with Crippen LogP contribution in [0.1, 0.15) is 66.6 Å². The molecule has 4 aromatic rings. The fraction of sp³-hybridized carbons (Fsp3) is 0.316. The topological polar surface area (TPSA) is 107 Å². The van der Waals surface area contributed by atoms with E-state index in [0.717, 1.165) is 36.8 Å². The van der Waals surface area contributed by atoms with E-state index in [1.54, 1.807) is 53.4 Å². The number of para-hydroxylation sites is 2. The highest BCUT2D eigenvalue weighted by Gasteiger charge is 2.45. The second-order valence-electron chi connectivity index (χ2n) is 13.5. The molecule has 0 unspecified atom stereocenters. The molecule has 252 valence electrons. The van der Waals surface area contributed by atoms with Crippen molar-refractivity contribution in [2.75, 3.05) is 8.61 Å². The smallest absolute Gasteiger partial charge is 0.265 e. The van der Waals surface area contributed by atoms with Gasteiger partial charge in [-0.15, -0.1) is 0 Å². The first kappa shape index (κ1) is 31.8. The van der Waals surface area contributed by atoms with Crippen molar-refractivity contribution in [3.63, 3.8) is 0 Å². The molecule has 4 aromatic carbocycles. The molecule has 49 heavy (non-hydrogen) atoms. The molecule has 0 spiro atoms. The van der Waals surface area contributed by atoms with Gasteiger partial charge >= 0.3 is 0 Å². The molecule has 0 N–H and O–H groups in total. The van der Waals surface area contributed by atoms with E-state index in [0.29, 0.717) is 35.6 Å². The Hall–Kier alpha value is -4.48. The normalized spacial score (nSPS) is 23.2. The van der Waals surface area contributed by atoms with Crippen molar-refractivity contribution < 1.29 is 21.6 Å². The van der Waals surface area contributed by atoms with Crippen molar-refractivity contribution in [2.45, 2.75) is 86.3 Å². The largest absolute Gasteiger partial charge is 0.287 e. The van der Waals surface area contributed by atoms with Crippen LogP contribution in [0.15, 0.2) is 112 Å². The van der Waals surface area contributed by atoms with E-state index in [1.165, 1.54) is 14.7 Å². The number of carbonyl (C=O) groups is 1. The molecule has 1 saturated carbocycles. The third-order valence-electron chi connectivity index (χ3n) is 10.4. The summed E-state index contributed by atoms with van der Waals surface area (Å²) in [5.74, 6) is -0.0799. The summed E-state index contributed by atoms with van der Waals surface area (Å²) < 4.78 is 60.2. The number of hydrogen-bond donors (Lipinski definition) is 0. The van der Waals surface area contributed by atoms with E-state index >= 15 is 0 Å². The summed E-state index contributed by atoms with van der Waals surface area (Å²) in [5.41, 5.74) is 3.81. The number of hydrogen-bond acceptors (Lipinski definition) is 6. The van der Waals surface area contributed by atoms with Crippen molar-refractivity contribution in [1.82, 2.24) is 4.90 Å². The molecular weight excluding hydrogens is 657 g/mol. The Morgan fingerprint density at radius 2 is 1.29 bits per heavy atom. The number of carbonyl (C=O) groups excluding carboxylic acids is 1. The minimum atomic E-state index is -4.12. The number of anilines is 2. The lowest BCUT2D eigenvalue weighted by atomic mass is 9.90. The molecule has 1 amide bonds. The van der Waals surface area contributed by atoms with Crippen LogP contribution in [-0.4, -0.2) is 57.6 Å². The van der Waals surface area contributed by atoms with Crippen LogP contribution in [0, 0.1) is 0 Å². The van der Waals surface area contributed by atoms with E-state index < -0.39 is 26.0 Å². The Balaban J connectivity index is 1.19. The van der Waals surface area contributed by atoms with Gasteiger partial charge in [0.25, 0.3) is 26.0 Å². The molecule has 8 rings (SSSR count). The van der Waals surface area contributed by atoms with Gasteiger partial charge in [-0.2, -0.15) is 0 Å². The number of rotatable bonds is 6. The third kappa shape index (κ3) is 5.08. The van der Waals surface area contributed by atoms with Crippen molar-refractivity contribution in [3.8, 4) is 0 Å². The summed E-state index contributed by atoms with van der Waals surface area (Å²) in [5, 5.41) is 0. The Labute approximate surface area is 288 Å². The first-order valence-corrected chi connectivity index (χ1v) is 19.8. The number of benzene rings is 4. The van der Waals surface area contributed by atoms with Crippen molar-refractivity contribution in [3.05, 3.63) is 119 Å². The van der Waals surface area contributed by atoms with Gasteiger partial charge in [0.1, 0.15) is 10.7 Å². The maximum atomic E-state index is 14.8. The minimum Gasteiger partial charge on any atom is -0.287 e. The number of amides is 1. The lowest BCUT2D eigenvalue weighted by Crippen LogP contribution is -2.46. The van der Waals surface area contributed by atoms with Crippen LogP contribution in [-0.2, 0) is 32.9 Å². The third-order valence-corrected chi connectivity index (χ3v) is 14.3. The maximum Gasteiger partial charge on any atom is 0.265 e. The molecule has 3 heterocycles. The molecule has 0 aromatic heterocycles. The Bertz CT molecular complexity index is 2240. The van der Waals surface area contributed by atoms with Crippen molar-refractivity contribution >= 4 is 43.2 Å². The van der Waals surface area contributed by atoms with Crippen LogP contribution in [0.4, 0.5) is 11.4 Å². The van der Waals surface area contributed by atoms with E-state index in [9.17, 15) is 21.6 Å². The summed E-state index contributed by atoms with van der Waals surface area (Å²) in [7, 11) is -8.07. The zero-order valence-corrected chi connectivity index (χ0v) is 29.1. The Kier molecular flexibility index (Phi) is 7.68. The van der Waals surface area contributed by atoms with Gasteiger partial charge in [-0.3, -0.25) is 23.3 Å². The summed E-state index contributed by atoms with van der Waals surface area (Å²) in [6.07, 6.45) is 4.60. The van der Waals surface area contributed by atoms with Crippen LogP contribution in [0.2, 0.25) is 0 Å². The highest BCUT2D eigenvalue weighted by Crippen LogP contribution is 2.40. The molecule has 1 fully saturated rings. The summed E-state index contributed by atoms with van der Waals surface area (Å²) in [6, 6.07) is 27.1. The summed E-state index contributed by atoms with van der Waals surface area (Å²) in [4.78, 5) is 21.5. The molecule has 11 heteroatoms. The zero-order valence-electron chi connectivity index (χ0n) is 27.4. The van der Waals surface area contributed by atoms with Crippen LogP contribution in [0.5, 0.6) is 0 Å². The standard InChI is InChI=1S/C38H38N4O5S2/c1-25-22-27-12-3-7-18-33(27)41(25)48(44,45)30-15-11-14-29(24-30)37-39-32-17-6-9-20-35(32)40(37)38(43)31-16-5-10-21-36(31)49(46,47)42-26(2)23-28-13-4-8-19-34(28)42/h3-5,7-8,10-16,18-19,21,24-26,32,35H,6,9,17,20,22-23H2,1-2H3/t25-,26+,32-,35-/m1/s1. The number of sulfonamides is 2. The zero-order chi connectivity index (χ0) is 34.1. The molecule has 0 radical (unpaired) electrons. The molecule has 4 atom stereocenters. The number of fused-ring (bicyclic) bond motifs is 3. The average molecular weight is 695 g/mol. The lowest BCUT2D eigenvalue weighted by Gasteiger charge is -2.32. The molecular formula is C38H38N4O5S2. The van der Waals surface area contributed by atoms with Gasteiger partial charge in [0, 0.05) is 17.6 Å². The monoisotopic (exact) mass is 694 g/mol. The van der Waals surface area contributed by atoms with Gasteiger partial charge in [-0.05, 0) is 87.1 Å². The van der Waals surface area contributed by atoms with Gasteiger partial charge in [-0.1, -0.05) is 73.5 Å². The predicted molar refractivity (Wildman–Crippen MR) is 190 cm³/mol. The van der Waals surface area contributed by atoms with Crippen LogP contribution >= 0.6 is 0 Å². The van der Waals surface area contributed by atoms with Gasteiger partial charge in [0.2, 0.25) is 0 Å². The van der Waals surface area contributed by atoms with Gasteiger partial charge in [0.15, 0.2) is 0 Å². The van der Waals surface area contributed by atoms with Crippen LogP contribution in [0.25, 0.3) is 0 Å². The lowest BCUT2D eigenvalue weighted by molar-refractivity contribution is 0.0782. The second-order valence-corrected chi connectivity index (χ2v) is 17.1. The van der Waals surface area contributed by atoms with Crippen LogP contribution in [0.3, 0.4) is 0 Å². The fourth-order valence-corrected chi connectivity index (χ4v) is 11.8. The molecule has 4 aliphatic rings. The number of nitrogens with zero attached hydrogens (tertiary/aromatic N) is 4. The Morgan fingerprint density at radius 3 is 1.98 bits per heavy atom. The van der Waals surface area contributed by atoms with Gasteiger partial charge in [-0.25, -0.2) is 16.8 Å².